The first-order valence-electron chi connectivity index (χ1n) is 8.50. The van der Waals surface area contributed by atoms with Crippen molar-refractivity contribution in [1.29, 1.82) is 0 Å². The number of hydrogen-bond donors (Lipinski definition) is 2. The monoisotopic (exact) mass is 360 g/mol. The molecule has 7 nitrogen and oxygen atoms in total. The van der Waals surface area contributed by atoms with E-state index in [0.717, 1.165) is 12.8 Å². The molecule has 1 aromatic carbocycles. The van der Waals surface area contributed by atoms with Crippen molar-refractivity contribution in [3.05, 3.63) is 52.2 Å². The Morgan fingerprint density at radius 1 is 1.42 bits per heavy atom. The van der Waals surface area contributed by atoms with E-state index in [1.54, 1.807) is 19.1 Å². The average Bonchev–Trinajstić information content (AvgIpc) is 3.10. The summed E-state index contributed by atoms with van der Waals surface area (Å²) in [6.07, 6.45) is 1.93. The summed E-state index contributed by atoms with van der Waals surface area (Å²) >= 11 is 0. The molecule has 3 rings (SSSR count). The minimum Gasteiger partial charge on any atom is -0.376 e. The number of nitrogens with one attached hydrogen (secondary N) is 2. The number of carbonyl (C=O) groups excluding carboxylic acids is 1. The van der Waals surface area contributed by atoms with Gasteiger partial charge in [-0.05, 0) is 38.0 Å². The van der Waals surface area contributed by atoms with Crippen molar-refractivity contribution in [2.45, 2.75) is 32.4 Å². The van der Waals surface area contributed by atoms with E-state index in [-0.39, 0.29) is 30.1 Å². The summed E-state index contributed by atoms with van der Waals surface area (Å²) in [6, 6.07) is 7.16. The second kappa shape index (κ2) is 8.09. The SMILES string of the molecule is Cc1cc(=O)n(CC(=O)NC[C@@H]2CCCO2)c(Nc2cccc(F)c2)n1. The molecule has 1 saturated heterocycles. The minimum atomic E-state index is -0.411. The van der Waals surface area contributed by atoms with E-state index in [2.05, 4.69) is 15.6 Å². The number of rotatable bonds is 6. The first-order valence-corrected chi connectivity index (χ1v) is 8.50. The lowest BCUT2D eigenvalue weighted by molar-refractivity contribution is -0.122. The van der Waals surface area contributed by atoms with Crippen LogP contribution in [-0.4, -0.2) is 34.7 Å². The molecule has 0 radical (unpaired) electrons. The van der Waals surface area contributed by atoms with Crippen LogP contribution >= 0.6 is 0 Å². The van der Waals surface area contributed by atoms with Crippen LogP contribution in [-0.2, 0) is 16.1 Å². The fourth-order valence-electron chi connectivity index (χ4n) is 2.80. The Morgan fingerprint density at radius 2 is 2.27 bits per heavy atom. The zero-order chi connectivity index (χ0) is 18.5. The zero-order valence-electron chi connectivity index (χ0n) is 14.5. The van der Waals surface area contributed by atoms with Gasteiger partial charge in [0.2, 0.25) is 11.9 Å². The largest absolute Gasteiger partial charge is 0.376 e. The highest BCUT2D eigenvalue weighted by atomic mass is 19.1. The molecule has 1 amide bonds. The third-order valence-electron chi connectivity index (χ3n) is 4.07. The fraction of sp³-hybridized carbons (Fsp3) is 0.389. The number of hydrogen-bond acceptors (Lipinski definition) is 5. The van der Waals surface area contributed by atoms with Gasteiger partial charge in [-0.3, -0.25) is 14.2 Å². The van der Waals surface area contributed by atoms with E-state index >= 15 is 0 Å². The van der Waals surface area contributed by atoms with E-state index < -0.39 is 5.82 Å². The molecule has 2 aromatic rings. The predicted octanol–water partition coefficient (Wildman–Crippen LogP) is 1.73. The highest BCUT2D eigenvalue weighted by Crippen LogP contribution is 2.15. The van der Waals surface area contributed by atoms with Gasteiger partial charge in [0.15, 0.2) is 0 Å². The number of carbonyl (C=O) groups is 1. The molecule has 0 aliphatic carbocycles. The van der Waals surface area contributed by atoms with Gasteiger partial charge in [-0.1, -0.05) is 6.07 Å². The van der Waals surface area contributed by atoms with Crippen molar-refractivity contribution in [2.24, 2.45) is 0 Å². The number of nitrogens with zero attached hydrogens (tertiary/aromatic N) is 2. The number of aryl methyl sites for hydroxylation is 1. The summed E-state index contributed by atoms with van der Waals surface area (Å²) in [4.78, 5) is 28.8. The van der Waals surface area contributed by atoms with Gasteiger partial charge >= 0.3 is 0 Å². The third kappa shape index (κ3) is 4.66. The molecular weight excluding hydrogens is 339 g/mol. The van der Waals surface area contributed by atoms with Crippen LogP contribution in [0.3, 0.4) is 0 Å². The Hall–Kier alpha value is -2.74. The van der Waals surface area contributed by atoms with E-state index in [1.165, 1.54) is 22.8 Å². The number of ether oxygens (including phenoxy) is 1. The normalized spacial score (nSPS) is 16.5. The van der Waals surface area contributed by atoms with Crippen LogP contribution in [0.15, 0.2) is 35.1 Å². The summed E-state index contributed by atoms with van der Waals surface area (Å²) in [5, 5.41) is 5.68. The second-order valence-corrected chi connectivity index (χ2v) is 6.22. The van der Waals surface area contributed by atoms with E-state index in [1.807, 2.05) is 0 Å². The molecular formula is C18H21FN4O3. The molecule has 0 bridgehead atoms. The molecule has 0 unspecified atom stereocenters. The maximum Gasteiger partial charge on any atom is 0.255 e. The number of anilines is 2. The van der Waals surface area contributed by atoms with Crippen molar-refractivity contribution >= 4 is 17.5 Å². The standard InChI is InChI=1S/C18H21FN4O3/c1-12-8-17(25)23(11-16(24)20-10-15-6-3-7-26-15)18(21-12)22-14-5-2-4-13(19)9-14/h2,4-5,8-9,15H,3,6-7,10-11H2,1H3,(H,20,24)(H,21,22)/t15-/m0/s1. The molecule has 26 heavy (non-hydrogen) atoms. The van der Waals surface area contributed by atoms with Gasteiger partial charge in [0.1, 0.15) is 12.4 Å². The van der Waals surface area contributed by atoms with E-state index in [9.17, 15) is 14.0 Å². The van der Waals surface area contributed by atoms with Crippen LogP contribution in [0.4, 0.5) is 16.0 Å². The summed E-state index contributed by atoms with van der Waals surface area (Å²) in [5.74, 6) is -0.533. The van der Waals surface area contributed by atoms with Crippen molar-refractivity contribution in [2.75, 3.05) is 18.5 Å². The summed E-state index contributed by atoms with van der Waals surface area (Å²) in [6.45, 7) is 2.62. The molecule has 2 N–H and O–H groups in total. The van der Waals surface area contributed by atoms with Gasteiger partial charge in [-0.2, -0.15) is 0 Å². The molecule has 1 aromatic heterocycles. The smallest absolute Gasteiger partial charge is 0.255 e. The third-order valence-corrected chi connectivity index (χ3v) is 4.07. The van der Waals surface area contributed by atoms with Crippen molar-refractivity contribution in [3.63, 3.8) is 0 Å². The summed E-state index contributed by atoms with van der Waals surface area (Å²) in [7, 11) is 0. The molecule has 1 aliphatic heterocycles. The maximum atomic E-state index is 13.4. The lowest BCUT2D eigenvalue weighted by atomic mass is 10.2. The molecule has 0 spiro atoms. The van der Waals surface area contributed by atoms with E-state index in [0.29, 0.717) is 24.5 Å². The van der Waals surface area contributed by atoms with Crippen LogP contribution in [0.1, 0.15) is 18.5 Å². The predicted molar refractivity (Wildman–Crippen MR) is 94.9 cm³/mol. The van der Waals surface area contributed by atoms with Crippen LogP contribution in [0.2, 0.25) is 0 Å². The lowest BCUT2D eigenvalue weighted by Gasteiger charge is -2.15. The van der Waals surface area contributed by atoms with Gasteiger partial charge in [-0.15, -0.1) is 0 Å². The van der Waals surface area contributed by atoms with Crippen molar-refractivity contribution in [1.82, 2.24) is 14.9 Å². The molecule has 1 fully saturated rings. The van der Waals surface area contributed by atoms with Gasteiger partial charge in [0, 0.05) is 30.6 Å². The zero-order valence-corrected chi connectivity index (χ0v) is 14.5. The molecule has 1 aliphatic rings. The van der Waals surface area contributed by atoms with Crippen LogP contribution in [0.25, 0.3) is 0 Å². The van der Waals surface area contributed by atoms with Crippen molar-refractivity contribution < 1.29 is 13.9 Å². The van der Waals surface area contributed by atoms with Gasteiger partial charge in [0.05, 0.1) is 6.10 Å². The molecule has 1 atom stereocenters. The Balaban J connectivity index is 1.74. The first-order chi connectivity index (χ1) is 12.5. The fourth-order valence-corrected chi connectivity index (χ4v) is 2.80. The first kappa shape index (κ1) is 18.1. The highest BCUT2D eigenvalue weighted by molar-refractivity contribution is 5.76. The molecule has 0 saturated carbocycles. The summed E-state index contributed by atoms with van der Waals surface area (Å²) < 4.78 is 20.1. The van der Waals surface area contributed by atoms with Gasteiger partial charge in [-0.25, -0.2) is 9.37 Å². The Morgan fingerprint density at radius 3 is 3.00 bits per heavy atom. The minimum absolute atomic E-state index is 0.0247. The number of benzene rings is 1. The molecule has 8 heteroatoms. The summed E-state index contributed by atoms with van der Waals surface area (Å²) in [5.41, 5.74) is 0.588. The highest BCUT2D eigenvalue weighted by Gasteiger charge is 2.17. The van der Waals surface area contributed by atoms with Crippen LogP contribution < -0.4 is 16.2 Å². The number of aromatic nitrogens is 2. The second-order valence-electron chi connectivity index (χ2n) is 6.22. The van der Waals surface area contributed by atoms with Gasteiger partial charge < -0.3 is 15.4 Å². The maximum absolute atomic E-state index is 13.4. The quantitative estimate of drug-likeness (QED) is 0.819. The number of amides is 1. The number of halogens is 1. The van der Waals surface area contributed by atoms with Crippen LogP contribution in [0, 0.1) is 12.7 Å². The van der Waals surface area contributed by atoms with Crippen molar-refractivity contribution in [3.8, 4) is 0 Å². The topological polar surface area (TPSA) is 85.2 Å². The Labute approximate surface area is 150 Å². The Kier molecular flexibility index (Phi) is 5.62. The van der Waals surface area contributed by atoms with Gasteiger partial charge in [0.25, 0.3) is 5.56 Å². The molecule has 2 heterocycles. The lowest BCUT2D eigenvalue weighted by Crippen LogP contribution is -2.37. The molecule has 138 valence electrons. The van der Waals surface area contributed by atoms with E-state index in [4.69, 9.17) is 4.74 Å². The average molecular weight is 360 g/mol. The van der Waals surface area contributed by atoms with Crippen LogP contribution in [0.5, 0.6) is 0 Å². The Bertz CT molecular complexity index is 847.